The van der Waals surface area contributed by atoms with Gasteiger partial charge in [-0.05, 0) is 44.5 Å². The van der Waals surface area contributed by atoms with Crippen molar-refractivity contribution in [3.05, 3.63) is 29.7 Å². The molecule has 0 aliphatic carbocycles. The molecule has 1 aromatic heterocycles. The van der Waals surface area contributed by atoms with E-state index in [4.69, 9.17) is 9.93 Å². The number of nitrogens with one attached hydrogen (secondary N) is 3. The van der Waals surface area contributed by atoms with E-state index < -0.39 is 0 Å². The van der Waals surface area contributed by atoms with E-state index in [1.54, 1.807) is 6.21 Å². The Morgan fingerprint density at radius 2 is 2.11 bits per heavy atom. The van der Waals surface area contributed by atoms with Crippen LogP contribution in [0.15, 0.2) is 22.7 Å². The molecule has 1 atom stereocenters. The predicted molar refractivity (Wildman–Crippen MR) is 101 cm³/mol. The van der Waals surface area contributed by atoms with Crippen molar-refractivity contribution in [3.8, 4) is 11.4 Å². The maximum atomic E-state index is 11.8. The lowest BCUT2D eigenvalue weighted by atomic mass is 9.98. The first-order valence-electron chi connectivity index (χ1n) is 9.50. The first-order chi connectivity index (χ1) is 13.2. The Bertz CT molecular complexity index is 827. The van der Waals surface area contributed by atoms with Gasteiger partial charge in [0.1, 0.15) is 0 Å². The van der Waals surface area contributed by atoms with Crippen LogP contribution in [0.1, 0.15) is 36.6 Å². The maximum Gasteiger partial charge on any atom is 0.230 e. The van der Waals surface area contributed by atoms with Gasteiger partial charge in [-0.1, -0.05) is 11.2 Å². The quantitative estimate of drug-likeness (QED) is 0.530. The Hall–Kier alpha value is -2.74. The van der Waals surface area contributed by atoms with Gasteiger partial charge in [-0.15, -0.1) is 0 Å². The molecule has 0 radical (unpaired) electrons. The van der Waals surface area contributed by atoms with Gasteiger partial charge in [-0.3, -0.25) is 10.2 Å². The normalized spacial score (nSPS) is 20.4. The number of piperidine rings is 1. The molecule has 2 aliphatic rings. The van der Waals surface area contributed by atoms with E-state index in [-0.39, 0.29) is 11.8 Å². The molecule has 142 valence electrons. The number of nitrogens with zero attached hydrogens (tertiary/aromatic N) is 2. The molecule has 0 spiro atoms. The number of hydrogen-bond donors (Lipinski definition) is 4. The topological polar surface area (TPSA) is 118 Å². The monoisotopic (exact) mass is 369 g/mol. The number of nitrogens with two attached hydrogens (primary N) is 1. The lowest BCUT2D eigenvalue weighted by Gasteiger charge is -2.18. The number of carbonyl (C=O) groups excluding carboxylic acids is 1. The van der Waals surface area contributed by atoms with Crippen molar-refractivity contribution in [1.29, 1.82) is 0 Å². The second-order valence-electron chi connectivity index (χ2n) is 7.11. The van der Waals surface area contributed by atoms with E-state index in [2.05, 4.69) is 26.1 Å². The Labute approximate surface area is 157 Å². The SMILES string of the molecule is [NH2+]=Cc1ccc(-c2noc(C3CCNCC3)n2)cc1NCC1CCNC1=O. The van der Waals surface area contributed by atoms with Gasteiger partial charge >= 0.3 is 0 Å². The van der Waals surface area contributed by atoms with Crippen LogP contribution in [0.3, 0.4) is 0 Å². The summed E-state index contributed by atoms with van der Waals surface area (Å²) in [5.74, 6) is 1.69. The zero-order chi connectivity index (χ0) is 18.6. The third kappa shape index (κ3) is 3.85. The molecule has 1 unspecified atom stereocenters. The number of rotatable bonds is 6. The fourth-order valence-electron chi connectivity index (χ4n) is 3.65. The summed E-state index contributed by atoms with van der Waals surface area (Å²) in [5, 5.41) is 19.5. The summed E-state index contributed by atoms with van der Waals surface area (Å²) in [4.78, 5) is 16.4. The summed E-state index contributed by atoms with van der Waals surface area (Å²) < 4.78 is 5.52. The largest absolute Gasteiger partial charge is 0.384 e. The van der Waals surface area contributed by atoms with Crippen LogP contribution in [0.2, 0.25) is 0 Å². The number of amides is 1. The second kappa shape index (κ2) is 7.87. The maximum absolute atomic E-state index is 11.8. The highest BCUT2D eigenvalue weighted by atomic mass is 16.5. The lowest BCUT2D eigenvalue weighted by molar-refractivity contribution is -0.122. The molecule has 1 aromatic carbocycles. The van der Waals surface area contributed by atoms with E-state index in [0.717, 1.165) is 55.7 Å². The number of benzene rings is 1. The average molecular weight is 369 g/mol. The van der Waals surface area contributed by atoms with Crippen LogP contribution in [-0.4, -0.2) is 48.4 Å². The van der Waals surface area contributed by atoms with Crippen molar-refractivity contribution < 1.29 is 14.7 Å². The molecule has 27 heavy (non-hydrogen) atoms. The molecule has 1 amide bonds. The van der Waals surface area contributed by atoms with E-state index in [1.165, 1.54) is 0 Å². The summed E-state index contributed by atoms with van der Waals surface area (Å²) >= 11 is 0. The van der Waals surface area contributed by atoms with Crippen molar-refractivity contribution in [2.45, 2.75) is 25.2 Å². The smallest absolute Gasteiger partial charge is 0.230 e. The number of hydrogen-bond acceptors (Lipinski definition) is 6. The molecule has 2 fully saturated rings. The zero-order valence-corrected chi connectivity index (χ0v) is 15.2. The standard InChI is InChI=1S/C19H24N6O2/c20-10-14-2-1-13(9-16(14)23-11-15-5-8-22-18(15)26)17-24-19(27-25-17)12-3-6-21-7-4-12/h1-2,9-10,12,15,20-21,23H,3-8,11H2,(H,22,26)/p+1. The Balaban J connectivity index is 1.52. The Morgan fingerprint density at radius 1 is 1.26 bits per heavy atom. The highest BCUT2D eigenvalue weighted by Gasteiger charge is 2.24. The summed E-state index contributed by atoms with van der Waals surface area (Å²) in [7, 11) is 0. The van der Waals surface area contributed by atoms with Gasteiger partial charge in [0, 0.05) is 30.3 Å². The minimum absolute atomic E-state index is 0.0176. The summed E-state index contributed by atoms with van der Waals surface area (Å²) in [6.07, 6.45) is 4.42. The molecule has 3 heterocycles. The molecular formula is C19H25N6O2+. The number of anilines is 1. The fraction of sp³-hybridized carbons (Fsp3) is 0.474. The minimum Gasteiger partial charge on any atom is -0.384 e. The van der Waals surface area contributed by atoms with Gasteiger partial charge in [0.25, 0.3) is 0 Å². The zero-order valence-electron chi connectivity index (χ0n) is 15.2. The van der Waals surface area contributed by atoms with E-state index in [9.17, 15) is 4.79 Å². The van der Waals surface area contributed by atoms with Crippen LogP contribution in [0, 0.1) is 5.92 Å². The van der Waals surface area contributed by atoms with Gasteiger partial charge in [-0.2, -0.15) is 4.98 Å². The minimum atomic E-state index is -0.0176. The molecular weight excluding hydrogens is 344 g/mol. The van der Waals surface area contributed by atoms with Crippen molar-refractivity contribution >= 4 is 17.8 Å². The van der Waals surface area contributed by atoms with Crippen LogP contribution < -0.4 is 21.4 Å². The van der Waals surface area contributed by atoms with E-state index >= 15 is 0 Å². The van der Waals surface area contributed by atoms with Crippen molar-refractivity contribution in [1.82, 2.24) is 20.8 Å². The Kier molecular flexibility index (Phi) is 5.15. The molecule has 2 aliphatic heterocycles. The molecule has 0 saturated carbocycles. The Morgan fingerprint density at radius 3 is 2.85 bits per heavy atom. The van der Waals surface area contributed by atoms with Gasteiger partial charge < -0.3 is 20.5 Å². The second-order valence-corrected chi connectivity index (χ2v) is 7.11. The highest BCUT2D eigenvalue weighted by molar-refractivity contribution is 5.86. The van der Waals surface area contributed by atoms with Gasteiger partial charge in [0.15, 0.2) is 6.21 Å². The molecule has 0 bridgehead atoms. The highest BCUT2D eigenvalue weighted by Crippen LogP contribution is 2.28. The summed E-state index contributed by atoms with van der Waals surface area (Å²) in [6.45, 7) is 3.27. The molecule has 8 nitrogen and oxygen atoms in total. The molecule has 8 heteroatoms. The summed E-state index contributed by atoms with van der Waals surface area (Å²) in [6, 6.07) is 5.82. The molecule has 4 rings (SSSR count). The van der Waals surface area contributed by atoms with E-state index in [0.29, 0.717) is 24.2 Å². The van der Waals surface area contributed by atoms with Crippen molar-refractivity contribution in [2.24, 2.45) is 5.92 Å². The van der Waals surface area contributed by atoms with Crippen LogP contribution in [-0.2, 0) is 4.79 Å². The average Bonchev–Trinajstić information content (AvgIpc) is 3.36. The van der Waals surface area contributed by atoms with Crippen LogP contribution >= 0.6 is 0 Å². The first-order valence-corrected chi connectivity index (χ1v) is 9.50. The third-order valence-corrected chi connectivity index (χ3v) is 5.32. The lowest BCUT2D eigenvalue weighted by Crippen LogP contribution is -2.31. The van der Waals surface area contributed by atoms with Gasteiger partial charge in [-0.25, -0.2) is 0 Å². The molecule has 5 N–H and O–H groups in total. The van der Waals surface area contributed by atoms with Crippen LogP contribution in [0.25, 0.3) is 11.4 Å². The number of carbonyl (C=O) groups is 1. The first kappa shape index (κ1) is 17.7. The summed E-state index contributed by atoms with van der Waals surface area (Å²) in [5.41, 5.74) is 2.60. The van der Waals surface area contributed by atoms with E-state index in [1.807, 2.05) is 18.2 Å². The van der Waals surface area contributed by atoms with Crippen molar-refractivity contribution in [2.75, 3.05) is 31.5 Å². The number of aromatic nitrogens is 2. The van der Waals surface area contributed by atoms with Crippen LogP contribution in [0.5, 0.6) is 0 Å². The van der Waals surface area contributed by atoms with Gasteiger partial charge in [0.05, 0.1) is 11.5 Å². The molecule has 2 aromatic rings. The third-order valence-electron chi connectivity index (χ3n) is 5.32. The predicted octanol–water partition coefficient (Wildman–Crippen LogP) is -0.0704. The van der Waals surface area contributed by atoms with Crippen LogP contribution in [0.4, 0.5) is 5.69 Å². The van der Waals surface area contributed by atoms with Gasteiger partial charge in [0.2, 0.25) is 17.6 Å². The van der Waals surface area contributed by atoms with Crippen molar-refractivity contribution in [3.63, 3.8) is 0 Å². The molecule has 2 saturated heterocycles. The fourth-order valence-corrected chi connectivity index (χ4v) is 3.65.